The van der Waals surface area contributed by atoms with Gasteiger partial charge < -0.3 is 4.90 Å². The van der Waals surface area contributed by atoms with E-state index in [2.05, 4.69) is 23.9 Å². The van der Waals surface area contributed by atoms with Gasteiger partial charge >= 0.3 is 0 Å². The fourth-order valence-electron chi connectivity index (χ4n) is 2.43. The molecule has 0 unspecified atom stereocenters. The number of nitrogens with zero attached hydrogens (tertiary/aromatic N) is 2. The standard InChI is InChI=1S/C8H16N2.2C2H6/c1-9-6-8(7-9)4-3-5-10(8)2;2*1-2/h3-7H2,1-2H3;2*1-2H3. The van der Waals surface area contributed by atoms with E-state index in [0.717, 1.165) is 0 Å². The zero-order valence-electron chi connectivity index (χ0n) is 10.9. The lowest BCUT2D eigenvalue weighted by molar-refractivity contribution is 0.00105. The number of hydrogen-bond donors (Lipinski definition) is 0. The van der Waals surface area contributed by atoms with Gasteiger partial charge in [-0.2, -0.15) is 0 Å². The summed E-state index contributed by atoms with van der Waals surface area (Å²) < 4.78 is 0. The SMILES string of the molecule is CC.CC.CN1CC2(CCCN2C)C1. The Labute approximate surface area is 90.3 Å². The third-order valence-electron chi connectivity index (χ3n) is 3.07. The Kier molecular flexibility index (Phi) is 6.38. The number of likely N-dealkylation sites (N-methyl/N-ethyl adjacent to an activating group) is 2. The molecule has 14 heavy (non-hydrogen) atoms. The van der Waals surface area contributed by atoms with Gasteiger partial charge in [0.15, 0.2) is 0 Å². The molecular weight excluding hydrogens is 172 g/mol. The van der Waals surface area contributed by atoms with Crippen molar-refractivity contribution in [3.63, 3.8) is 0 Å². The average molecular weight is 200 g/mol. The molecule has 2 fully saturated rings. The monoisotopic (exact) mass is 200 g/mol. The first-order valence-electron chi connectivity index (χ1n) is 6.13. The largest absolute Gasteiger partial charge is 0.303 e. The quantitative estimate of drug-likeness (QED) is 0.592. The molecule has 0 bridgehead atoms. The minimum Gasteiger partial charge on any atom is -0.303 e. The minimum absolute atomic E-state index is 0.606. The molecule has 2 heterocycles. The van der Waals surface area contributed by atoms with Gasteiger partial charge in [0.25, 0.3) is 0 Å². The van der Waals surface area contributed by atoms with Crippen LogP contribution in [0.2, 0.25) is 0 Å². The summed E-state index contributed by atoms with van der Waals surface area (Å²) in [7, 11) is 4.47. The van der Waals surface area contributed by atoms with Gasteiger partial charge in [-0.05, 0) is 33.5 Å². The highest BCUT2D eigenvalue weighted by Crippen LogP contribution is 2.34. The summed E-state index contributed by atoms with van der Waals surface area (Å²) in [5, 5.41) is 0. The highest BCUT2D eigenvalue weighted by Gasteiger charge is 2.46. The lowest BCUT2D eigenvalue weighted by atomic mass is 9.88. The molecule has 0 aromatic carbocycles. The molecule has 2 rings (SSSR count). The molecule has 0 aromatic heterocycles. The Morgan fingerprint density at radius 1 is 0.929 bits per heavy atom. The van der Waals surface area contributed by atoms with Crippen molar-refractivity contribution in [1.29, 1.82) is 0 Å². The topological polar surface area (TPSA) is 6.48 Å². The minimum atomic E-state index is 0.606. The van der Waals surface area contributed by atoms with Gasteiger partial charge in [-0.1, -0.05) is 27.7 Å². The first-order chi connectivity index (χ1) is 6.73. The fourth-order valence-corrected chi connectivity index (χ4v) is 2.43. The van der Waals surface area contributed by atoms with Crippen LogP contribution in [0.4, 0.5) is 0 Å². The van der Waals surface area contributed by atoms with Crippen molar-refractivity contribution < 1.29 is 0 Å². The van der Waals surface area contributed by atoms with Crippen LogP contribution < -0.4 is 0 Å². The van der Waals surface area contributed by atoms with Gasteiger partial charge in [0, 0.05) is 18.6 Å². The van der Waals surface area contributed by atoms with Crippen LogP contribution in [0.1, 0.15) is 40.5 Å². The van der Waals surface area contributed by atoms with E-state index in [9.17, 15) is 0 Å². The Morgan fingerprint density at radius 2 is 1.43 bits per heavy atom. The van der Waals surface area contributed by atoms with Crippen molar-refractivity contribution in [2.45, 2.75) is 46.1 Å². The van der Waals surface area contributed by atoms with E-state index in [-0.39, 0.29) is 0 Å². The molecule has 0 saturated carbocycles. The Balaban J connectivity index is 0.000000379. The van der Waals surface area contributed by atoms with Gasteiger partial charge in [-0.25, -0.2) is 0 Å². The summed E-state index contributed by atoms with van der Waals surface area (Å²) in [6.07, 6.45) is 2.83. The van der Waals surface area contributed by atoms with Crippen molar-refractivity contribution >= 4 is 0 Å². The van der Waals surface area contributed by atoms with Gasteiger partial charge in [-0.15, -0.1) is 0 Å². The van der Waals surface area contributed by atoms with Crippen molar-refractivity contribution in [2.24, 2.45) is 0 Å². The Hall–Kier alpha value is -0.0800. The zero-order chi connectivity index (χ0) is 11.2. The molecule has 0 atom stereocenters. The molecule has 2 nitrogen and oxygen atoms in total. The summed E-state index contributed by atoms with van der Waals surface area (Å²) in [5.74, 6) is 0. The van der Waals surface area contributed by atoms with Gasteiger partial charge in [0.2, 0.25) is 0 Å². The summed E-state index contributed by atoms with van der Waals surface area (Å²) in [5.41, 5.74) is 0.606. The number of rotatable bonds is 0. The maximum atomic E-state index is 2.53. The average Bonchev–Trinajstić information content (AvgIpc) is 2.55. The molecule has 86 valence electrons. The van der Waals surface area contributed by atoms with E-state index < -0.39 is 0 Å². The first-order valence-corrected chi connectivity index (χ1v) is 6.13. The molecule has 2 aliphatic rings. The molecule has 2 aliphatic heterocycles. The summed E-state index contributed by atoms with van der Waals surface area (Å²) in [6, 6.07) is 0. The van der Waals surface area contributed by atoms with Crippen LogP contribution in [0, 0.1) is 0 Å². The van der Waals surface area contributed by atoms with E-state index in [1.807, 2.05) is 27.7 Å². The van der Waals surface area contributed by atoms with Crippen LogP contribution in [0.5, 0.6) is 0 Å². The Morgan fingerprint density at radius 3 is 1.71 bits per heavy atom. The molecule has 2 heteroatoms. The second kappa shape index (κ2) is 6.41. The van der Waals surface area contributed by atoms with Crippen LogP contribution in [0.25, 0.3) is 0 Å². The van der Waals surface area contributed by atoms with Gasteiger partial charge in [0.05, 0.1) is 0 Å². The molecule has 0 aromatic rings. The molecule has 0 N–H and O–H groups in total. The van der Waals surface area contributed by atoms with E-state index in [4.69, 9.17) is 0 Å². The van der Waals surface area contributed by atoms with Crippen LogP contribution in [-0.4, -0.2) is 49.1 Å². The smallest absolute Gasteiger partial charge is 0.0460 e. The van der Waals surface area contributed by atoms with Crippen molar-refractivity contribution in [2.75, 3.05) is 33.7 Å². The van der Waals surface area contributed by atoms with Crippen molar-refractivity contribution in [1.82, 2.24) is 9.80 Å². The molecular formula is C12H28N2. The number of likely N-dealkylation sites (tertiary alicyclic amines) is 2. The normalized spacial score (nSPS) is 24.4. The zero-order valence-corrected chi connectivity index (χ0v) is 10.9. The fraction of sp³-hybridized carbons (Fsp3) is 1.00. The van der Waals surface area contributed by atoms with E-state index in [0.29, 0.717) is 5.54 Å². The second-order valence-corrected chi connectivity index (χ2v) is 3.92. The van der Waals surface area contributed by atoms with Gasteiger partial charge in [-0.3, -0.25) is 4.90 Å². The highest BCUT2D eigenvalue weighted by molar-refractivity contribution is 5.05. The van der Waals surface area contributed by atoms with E-state index in [1.165, 1.54) is 32.5 Å². The van der Waals surface area contributed by atoms with Crippen LogP contribution in [-0.2, 0) is 0 Å². The molecule has 0 amide bonds. The summed E-state index contributed by atoms with van der Waals surface area (Å²) in [6.45, 7) is 11.9. The number of hydrogen-bond acceptors (Lipinski definition) is 2. The summed E-state index contributed by atoms with van der Waals surface area (Å²) in [4.78, 5) is 4.94. The molecule has 1 spiro atoms. The Bertz CT molecular complexity index is 139. The summed E-state index contributed by atoms with van der Waals surface area (Å²) >= 11 is 0. The van der Waals surface area contributed by atoms with Crippen molar-refractivity contribution in [3.8, 4) is 0 Å². The molecule has 0 radical (unpaired) electrons. The maximum absolute atomic E-state index is 2.53. The predicted molar refractivity (Wildman–Crippen MR) is 64.8 cm³/mol. The third kappa shape index (κ3) is 2.71. The van der Waals surface area contributed by atoms with Crippen LogP contribution in [0.15, 0.2) is 0 Å². The first kappa shape index (κ1) is 13.9. The van der Waals surface area contributed by atoms with E-state index >= 15 is 0 Å². The maximum Gasteiger partial charge on any atom is 0.0460 e. The van der Waals surface area contributed by atoms with Gasteiger partial charge in [0.1, 0.15) is 0 Å². The molecule has 0 aliphatic carbocycles. The van der Waals surface area contributed by atoms with Crippen LogP contribution >= 0.6 is 0 Å². The predicted octanol–water partition coefficient (Wildman–Crippen LogP) is 2.45. The molecule has 2 saturated heterocycles. The highest BCUT2D eigenvalue weighted by atomic mass is 15.3. The van der Waals surface area contributed by atoms with Crippen LogP contribution in [0.3, 0.4) is 0 Å². The van der Waals surface area contributed by atoms with Crippen molar-refractivity contribution in [3.05, 3.63) is 0 Å². The second-order valence-electron chi connectivity index (χ2n) is 3.92. The van der Waals surface area contributed by atoms with E-state index in [1.54, 1.807) is 0 Å². The lowest BCUT2D eigenvalue weighted by Crippen LogP contribution is -2.65. The lowest BCUT2D eigenvalue weighted by Gasteiger charge is -2.50. The third-order valence-corrected chi connectivity index (χ3v) is 3.07.